The number of benzene rings is 2. The van der Waals surface area contributed by atoms with Crippen molar-refractivity contribution in [2.24, 2.45) is 0 Å². The van der Waals surface area contributed by atoms with Crippen LogP contribution in [0.4, 0.5) is 5.69 Å². The molecule has 0 atom stereocenters. The lowest BCUT2D eigenvalue weighted by Crippen LogP contribution is -2.26. The van der Waals surface area contributed by atoms with Crippen molar-refractivity contribution >= 4 is 15.7 Å². The fourth-order valence-corrected chi connectivity index (χ4v) is 3.17. The van der Waals surface area contributed by atoms with E-state index in [0.29, 0.717) is 18.0 Å². The first-order valence-electron chi connectivity index (χ1n) is 7.32. The number of hydrogen-bond acceptors (Lipinski definition) is 3. The summed E-state index contributed by atoms with van der Waals surface area (Å²) in [5, 5.41) is 0. The molecular formula is C17H21NO3S. The van der Waals surface area contributed by atoms with E-state index in [9.17, 15) is 8.42 Å². The first-order chi connectivity index (χ1) is 10.6. The van der Waals surface area contributed by atoms with Gasteiger partial charge < -0.3 is 4.74 Å². The minimum absolute atomic E-state index is 0.252. The van der Waals surface area contributed by atoms with Crippen molar-refractivity contribution in [3.63, 3.8) is 0 Å². The number of nitrogens with zero attached hydrogens (tertiary/aromatic N) is 1. The van der Waals surface area contributed by atoms with Gasteiger partial charge in [0.05, 0.1) is 17.2 Å². The van der Waals surface area contributed by atoms with Crippen LogP contribution in [0.25, 0.3) is 0 Å². The maximum absolute atomic E-state index is 12.6. The van der Waals surface area contributed by atoms with Crippen LogP contribution in [0, 0.1) is 0 Å². The lowest BCUT2D eigenvalue weighted by Gasteiger charge is -2.19. The summed E-state index contributed by atoms with van der Waals surface area (Å²) in [7, 11) is -2.00. The number of unbranched alkanes of at least 4 members (excludes halogenated alkanes) is 1. The molecule has 5 heteroatoms. The highest BCUT2D eigenvalue weighted by Gasteiger charge is 2.20. The van der Waals surface area contributed by atoms with Crippen LogP contribution in [0.15, 0.2) is 59.5 Å². The van der Waals surface area contributed by atoms with E-state index in [1.807, 2.05) is 18.2 Å². The molecule has 4 nitrogen and oxygen atoms in total. The number of hydrogen-bond donors (Lipinski definition) is 0. The SMILES string of the molecule is CCCCOc1ccc(S(=O)(=O)N(C)c2ccccc2)cc1. The predicted octanol–water partition coefficient (Wildman–Crippen LogP) is 3.69. The van der Waals surface area contributed by atoms with Crippen molar-refractivity contribution in [2.45, 2.75) is 24.7 Å². The highest BCUT2D eigenvalue weighted by molar-refractivity contribution is 7.92. The number of para-hydroxylation sites is 1. The second kappa shape index (κ2) is 7.31. The predicted molar refractivity (Wildman–Crippen MR) is 88.9 cm³/mol. The van der Waals surface area contributed by atoms with E-state index in [1.165, 1.54) is 4.31 Å². The zero-order chi connectivity index (χ0) is 16.0. The first kappa shape index (κ1) is 16.4. The Bertz CT molecular complexity index is 682. The Hall–Kier alpha value is -2.01. The van der Waals surface area contributed by atoms with Gasteiger partial charge >= 0.3 is 0 Å². The van der Waals surface area contributed by atoms with Crippen molar-refractivity contribution in [1.82, 2.24) is 0 Å². The maximum Gasteiger partial charge on any atom is 0.264 e. The number of anilines is 1. The van der Waals surface area contributed by atoms with Gasteiger partial charge in [-0.25, -0.2) is 8.42 Å². The zero-order valence-corrected chi connectivity index (χ0v) is 13.7. The third-order valence-electron chi connectivity index (χ3n) is 3.37. The third kappa shape index (κ3) is 3.80. The Morgan fingerprint density at radius 1 is 1.00 bits per heavy atom. The van der Waals surface area contributed by atoms with Crippen molar-refractivity contribution in [1.29, 1.82) is 0 Å². The Morgan fingerprint density at radius 3 is 2.23 bits per heavy atom. The molecule has 22 heavy (non-hydrogen) atoms. The smallest absolute Gasteiger partial charge is 0.264 e. The van der Waals surface area contributed by atoms with Gasteiger partial charge in [-0.2, -0.15) is 0 Å². The van der Waals surface area contributed by atoms with Gasteiger partial charge in [-0.05, 0) is 42.8 Å². The van der Waals surface area contributed by atoms with Crippen LogP contribution in [0.3, 0.4) is 0 Å². The molecule has 0 aromatic heterocycles. The summed E-state index contributed by atoms with van der Waals surface area (Å²) in [6.45, 7) is 2.74. The molecule has 118 valence electrons. The van der Waals surface area contributed by atoms with Crippen LogP contribution >= 0.6 is 0 Å². The molecule has 0 heterocycles. The second-order valence-corrected chi connectivity index (χ2v) is 6.95. The van der Waals surface area contributed by atoms with Gasteiger partial charge in [0.2, 0.25) is 0 Å². The fourth-order valence-electron chi connectivity index (χ4n) is 1.98. The highest BCUT2D eigenvalue weighted by Crippen LogP contribution is 2.23. The van der Waals surface area contributed by atoms with Crippen LogP contribution in [0.1, 0.15) is 19.8 Å². The molecular weight excluding hydrogens is 298 g/mol. The van der Waals surface area contributed by atoms with Crippen molar-refractivity contribution in [2.75, 3.05) is 18.0 Å². The summed E-state index contributed by atoms with van der Waals surface area (Å²) in [6.07, 6.45) is 2.05. The lowest BCUT2D eigenvalue weighted by molar-refractivity contribution is 0.309. The third-order valence-corrected chi connectivity index (χ3v) is 5.17. The monoisotopic (exact) mass is 319 g/mol. The minimum Gasteiger partial charge on any atom is -0.494 e. The molecule has 2 aromatic carbocycles. The molecule has 0 N–H and O–H groups in total. The molecule has 0 saturated heterocycles. The van der Waals surface area contributed by atoms with E-state index in [1.54, 1.807) is 43.4 Å². The highest BCUT2D eigenvalue weighted by atomic mass is 32.2. The summed E-state index contributed by atoms with van der Waals surface area (Å²) in [5.74, 6) is 0.690. The Morgan fingerprint density at radius 2 is 1.64 bits per heavy atom. The maximum atomic E-state index is 12.6. The molecule has 0 radical (unpaired) electrons. The average Bonchev–Trinajstić information content (AvgIpc) is 2.55. The lowest BCUT2D eigenvalue weighted by atomic mass is 10.3. The number of ether oxygens (including phenoxy) is 1. The summed E-state index contributed by atoms with van der Waals surface area (Å²) in [4.78, 5) is 0.252. The van der Waals surface area contributed by atoms with Crippen LogP contribution in [-0.4, -0.2) is 22.1 Å². The molecule has 2 rings (SSSR count). The minimum atomic E-state index is -3.56. The zero-order valence-electron chi connectivity index (χ0n) is 12.9. The Labute approximate surface area is 132 Å². The van der Waals surface area contributed by atoms with E-state index in [4.69, 9.17) is 4.74 Å². The van der Waals surface area contributed by atoms with E-state index in [2.05, 4.69) is 6.92 Å². The van der Waals surface area contributed by atoms with Crippen LogP contribution in [-0.2, 0) is 10.0 Å². The largest absolute Gasteiger partial charge is 0.494 e. The molecule has 0 amide bonds. The van der Waals surface area contributed by atoms with E-state index >= 15 is 0 Å². The summed E-state index contributed by atoms with van der Waals surface area (Å²) < 4.78 is 32.0. The van der Waals surface area contributed by atoms with Gasteiger partial charge in [-0.3, -0.25) is 4.31 Å². The normalized spacial score (nSPS) is 11.2. The second-order valence-electron chi connectivity index (χ2n) is 4.98. The number of rotatable bonds is 7. The summed E-state index contributed by atoms with van der Waals surface area (Å²) >= 11 is 0. The summed E-state index contributed by atoms with van der Waals surface area (Å²) in [6, 6.07) is 15.6. The standard InChI is InChI=1S/C17H21NO3S/c1-3-4-14-21-16-10-12-17(13-11-16)22(19,20)18(2)15-8-6-5-7-9-15/h5-13H,3-4,14H2,1-2H3. The molecule has 0 saturated carbocycles. The average molecular weight is 319 g/mol. The first-order valence-corrected chi connectivity index (χ1v) is 8.76. The molecule has 0 fully saturated rings. The van der Waals surface area contributed by atoms with Crippen LogP contribution in [0.2, 0.25) is 0 Å². The van der Waals surface area contributed by atoms with Gasteiger partial charge in [0.15, 0.2) is 0 Å². The Balaban J connectivity index is 2.16. The molecule has 0 spiro atoms. The van der Waals surface area contributed by atoms with E-state index < -0.39 is 10.0 Å². The quantitative estimate of drug-likeness (QED) is 0.731. The molecule has 0 unspecified atom stereocenters. The fraction of sp³-hybridized carbons (Fsp3) is 0.294. The van der Waals surface area contributed by atoms with Crippen LogP contribution in [0.5, 0.6) is 5.75 Å². The summed E-state index contributed by atoms with van der Waals surface area (Å²) in [5.41, 5.74) is 0.630. The van der Waals surface area contributed by atoms with Crippen molar-refractivity contribution in [3.05, 3.63) is 54.6 Å². The van der Waals surface area contributed by atoms with Gasteiger partial charge in [0.1, 0.15) is 5.75 Å². The topological polar surface area (TPSA) is 46.6 Å². The number of sulfonamides is 1. The van der Waals surface area contributed by atoms with Gasteiger partial charge in [0.25, 0.3) is 10.0 Å². The van der Waals surface area contributed by atoms with Crippen molar-refractivity contribution in [3.8, 4) is 5.75 Å². The molecule has 2 aromatic rings. The van der Waals surface area contributed by atoms with Gasteiger partial charge in [-0.15, -0.1) is 0 Å². The molecule has 0 aliphatic carbocycles. The van der Waals surface area contributed by atoms with Crippen LogP contribution < -0.4 is 9.04 Å². The van der Waals surface area contributed by atoms with E-state index in [0.717, 1.165) is 12.8 Å². The van der Waals surface area contributed by atoms with E-state index in [-0.39, 0.29) is 4.90 Å². The van der Waals surface area contributed by atoms with Gasteiger partial charge in [-0.1, -0.05) is 31.5 Å². The Kier molecular flexibility index (Phi) is 5.44. The molecule has 0 aliphatic heterocycles. The van der Waals surface area contributed by atoms with Gasteiger partial charge in [0, 0.05) is 7.05 Å². The molecule has 0 aliphatic rings. The molecule has 0 bridgehead atoms. The van der Waals surface area contributed by atoms with Crippen molar-refractivity contribution < 1.29 is 13.2 Å².